The normalized spacial score (nSPS) is 15.3. The summed E-state index contributed by atoms with van der Waals surface area (Å²) in [5.74, 6) is -0.989. The third kappa shape index (κ3) is 7.53. The van der Waals surface area contributed by atoms with Crippen molar-refractivity contribution in [2.24, 2.45) is 0 Å². The number of amides is 3. The Morgan fingerprint density at radius 1 is 1.14 bits per heavy atom. The van der Waals surface area contributed by atoms with Crippen molar-refractivity contribution >= 4 is 17.9 Å². The average Bonchev–Trinajstić information content (AvgIpc) is 2.45. The summed E-state index contributed by atoms with van der Waals surface area (Å²) >= 11 is 0. The van der Waals surface area contributed by atoms with E-state index in [1.54, 1.807) is 0 Å². The van der Waals surface area contributed by atoms with Crippen molar-refractivity contribution in [2.75, 3.05) is 20.1 Å². The lowest BCUT2D eigenvalue weighted by molar-refractivity contribution is -0.137. The summed E-state index contributed by atoms with van der Waals surface area (Å²) in [5.41, 5.74) is 0. The Bertz CT molecular complexity index is 367. The number of aliphatic carboxylic acids is 1. The molecule has 21 heavy (non-hydrogen) atoms. The first-order valence-electron chi connectivity index (χ1n) is 7.49. The lowest BCUT2D eigenvalue weighted by atomic mass is 9.95. The van der Waals surface area contributed by atoms with E-state index in [9.17, 15) is 14.4 Å². The van der Waals surface area contributed by atoms with E-state index in [-0.39, 0.29) is 43.9 Å². The molecule has 0 aromatic carbocycles. The largest absolute Gasteiger partial charge is 0.481 e. The molecule has 3 N–H and O–H groups in total. The number of carbonyl (C=O) groups excluding carboxylic acids is 2. The maximum Gasteiger partial charge on any atom is 0.317 e. The van der Waals surface area contributed by atoms with E-state index in [0.717, 1.165) is 25.7 Å². The van der Waals surface area contributed by atoms with Crippen molar-refractivity contribution in [1.82, 2.24) is 15.5 Å². The molecule has 1 aliphatic rings. The Morgan fingerprint density at radius 2 is 1.81 bits per heavy atom. The standard InChI is InChI=1S/C14H25N3O4/c1-17(10-8-13(19)20)14(21)15-9-7-12(18)16-11-5-3-2-4-6-11/h11H,2-10H2,1H3,(H,15,21)(H,16,18)(H,19,20). The van der Waals surface area contributed by atoms with Gasteiger partial charge < -0.3 is 20.6 Å². The highest BCUT2D eigenvalue weighted by Gasteiger charge is 2.16. The Labute approximate surface area is 125 Å². The van der Waals surface area contributed by atoms with Gasteiger partial charge in [0.15, 0.2) is 0 Å². The molecule has 120 valence electrons. The zero-order valence-electron chi connectivity index (χ0n) is 12.6. The van der Waals surface area contributed by atoms with Crippen molar-refractivity contribution in [1.29, 1.82) is 0 Å². The predicted octanol–water partition coefficient (Wildman–Crippen LogP) is 0.941. The molecule has 0 aliphatic heterocycles. The van der Waals surface area contributed by atoms with E-state index in [1.807, 2.05) is 0 Å². The number of carboxylic acids is 1. The molecule has 0 heterocycles. The number of urea groups is 1. The molecule has 0 aromatic heterocycles. The lowest BCUT2D eigenvalue weighted by Crippen LogP contribution is -2.41. The molecule has 0 bridgehead atoms. The molecule has 1 aliphatic carbocycles. The van der Waals surface area contributed by atoms with Gasteiger partial charge >= 0.3 is 12.0 Å². The second-order valence-electron chi connectivity index (χ2n) is 5.45. The van der Waals surface area contributed by atoms with Gasteiger partial charge in [0.2, 0.25) is 5.91 Å². The fourth-order valence-electron chi connectivity index (χ4n) is 2.33. The predicted molar refractivity (Wildman–Crippen MR) is 77.9 cm³/mol. The number of nitrogens with zero attached hydrogens (tertiary/aromatic N) is 1. The van der Waals surface area contributed by atoms with Gasteiger partial charge in [-0.25, -0.2) is 4.79 Å². The van der Waals surface area contributed by atoms with E-state index in [2.05, 4.69) is 10.6 Å². The molecule has 0 unspecified atom stereocenters. The first-order valence-corrected chi connectivity index (χ1v) is 7.49. The summed E-state index contributed by atoms with van der Waals surface area (Å²) in [6, 6.07) is -0.0816. The third-order valence-corrected chi connectivity index (χ3v) is 3.61. The van der Waals surface area contributed by atoms with Crippen LogP contribution >= 0.6 is 0 Å². The highest BCUT2D eigenvalue weighted by atomic mass is 16.4. The van der Waals surface area contributed by atoms with Crippen LogP contribution in [0.1, 0.15) is 44.9 Å². The monoisotopic (exact) mass is 299 g/mol. The van der Waals surface area contributed by atoms with E-state index in [1.165, 1.54) is 18.4 Å². The molecule has 7 nitrogen and oxygen atoms in total. The minimum absolute atomic E-state index is 0.0459. The van der Waals surface area contributed by atoms with Crippen LogP contribution in [0.15, 0.2) is 0 Å². The Hall–Kier alpha value is -1.79. The molecule has 1 saturated carbocycles. The number of hydrogen-bond donors (Lipinski definition) is 3. The van der Waals surface area contributed by atoms with Crippen LogP contribution in [-0.4, -0.2) is 54.1 Å². The average molecular weight is 299 g/mol. The highest BCUT2D eigenvalue weighted by Crippen LogP contribution is 2.17. The summed E-state index contributed by atoms with van der Waals surface area (Å²) in [7, 11) is 1.53. The molecule has 0 atom stereocenters. The topological polar surface area (TPSA) is 98.7 Å². The second-order valence-corrected chi connectivity index (χ2v) is 5.45. The Balaban J connectivity index is 2.12. The molecule has 3 amide bonds. The zero-order chi connectivity index (χ0) is 15.7. The molecule has 0 spiro atoms. The molecule has 1 fully saturated rings. The van der Waals surface area contributed by atoms with Crippen LogP contribution in [0.4, 0.5) is 4.79 Å². The molecule has 0 aromatic rings. The number of carbonyl (C=O) groups is 3. The number of carboxylic acid groups (broad SMARTS) is 1. The van der Waals surface area contributed by atoms with Crippen LogP contribution in [0.25, 0.3) is 0 Å². The van der Waals surface area contributed by atoms with Crippen LogP contribution in [-0.2, 0) is 9.59 Å². The van der Waals surface area contributed by atoms with Crippen LogP contribution in [0.3, 0.4) is 0 Å². The van der Waals surface area contributed by atoms with E-state index in [0.29, 0.717) is 0 Å². The minimum atomic E-state index is -0.943. The first-order chi connectivity index (χ1) is 9.99. The fourth-order valence-corrected chi connectivity index (χ4v) is 2.33. The molecule has 0 saturated heterocycles. The van der Waals surface area contributed by atoms with E-state index >= 15 is 0 Å². The maximum absolute atomic E-state index is 11.7. The SMILES string of the molecule is CN(CCC(=O)O)C(=O)NCCC(=O)NC1CCCCC1. The van der Waals surface area contributed by atoms with Crippen molar-refractivity contribution in [3.8, 4) is 0 Å². The van der Waals surface area contributed by atoms with Crippen molar-refractivity contribution in [3.63, 3.8) is 0 Å². The molecule has 0 radical (unpaired) electrons. The number of rotatable bonds is 7. The van der Waals surface area contributed by atoms with E-state index < -0.39 is 5.97 Å². The summed E-state index contributed by atoms with van der Waals surface area (Å²) in [5, 5.41) is 14.1. The number of hydrogen-bond acceptors (Lipinski definition) is 3. The van der Waals surface area contributed by atoms with Crippen molar-refractivity contribution in [2.45, 2.75) is 51.0 Å². The van der Waals surface area contributed by atoms with Crippen LogP contribution in [0.2, 0.25) is 0 Å². The van der Waals surface area contributed by atoms with Gasteiger partial charge in [0.1, 0.15) is 0 Å². The highest BCUT2D eigenvalue weighted by molar-refractivity contribution is 5.78. The third-order valence-electron chi connectivity index (χ3n) is 3.61. The minimum Gasteiger partial charge on any atom is -0.481 e. The van der Waals surface area contributed by atoms with Crippen LogP contribution in [0, 0.1) is 0 Å². The van der Waals surface area contributed by atoms with Gasteiger partial charge in [0.05, 0.1) is 6.42 Å². The summed E-state index contributed by atoms with van der Waals surface area (Å²) < 4.78 is 0. The van der Waals surface area contributed by atoms with Gasteiger partial charge in [-0.3, -0.25) is 9.59 Å². The lowest BCUT2D eigenvalue weighted by Gasteiger charge is -2.23. The van der Waals surface area contributed by atoms with Gasteiger partial charge in [0.25, 0.3) is 0 Å². The van der Waals surface area contributed by atoms with Gasteiger partial charge in [-0.05, 0) is 12.8 Å². The van der Waals surface area contributed by atoms with Gasteiger partial charge in [-0.15, -0.1) is 0 Å². The summed E-state index contributed by atoms with van der Waals surface area (Å²) in [6.45, 7) is 0.407. The zero-order valence-corrected chi connectivity index (χ0v) is 12.6. The first kappa shape index (κ1) is 17.3. The molecular weight excluding hydrogens is 274 g/mol. The Morgan fingerprint density at radius 3 is 2.43 bits per heavy atom. The summed E-state index contributed by atoms with van der Waals surface area (Å²) in [4.78, 5) is 35.0. The van der Waals surface area contributed by atoms with Gasteiger partial charge in [-0.1, -0.05) is 19.3 Å². The second kappa shape index (κ2) is 9.20. The quantitative estimate of drug-likeness (QED) is 0.651. The van der Waals surface area contributed by atoms with Gasteiger partial charge in [0, 0.05) is 32.6 Å². The van der Waals surface area contributed by atoms with Crippen molar-refractivity contribution in [3.05, 3.63) is 0 Å². The summed E-state index contributed by atoms with van der Waals surface area (Å²) in [6.07, 6.45) is 5.80. The molecular formula is C14H25N3O4. The molecule has 7 heteroatoms. The smallest absolute Gasteiger partial charge is 0.317 e. The van der Waals surface area contributed by atoms with Crippen molar-refractivity contribution < 1.29 is 19.5 Å². The Kier molecular flexibility index (Phi) is 7.56. The van der Waals surface area contributed by atoms with Gasteiger partial charge in [-0.2, -0.15) is 0 Å². The maximum atomic E-state index is 11.7. The number of nitrogens with one attached hydrogen (secondary N) is 2. The molecule has 1 rings (SSSR count). The fraction of sp³-hybridized carbons (Fsp3) is 0.786. The van der Waals surface area contributed by atoms with Crippen LogP contribution in [0.5, 0.6) is 0 Å². The van der Waals surface area contributed by atoms with E-state index in [4.69, 9.17) is 5.11 Å². The van der Waals surface area contributed by atoms with Crippen LogP contribution < -0.4 is 10.6 Å².